The summed E-state index contributed by atoms with van der Waals surface area (Å²) in [5, 5.41) is 14.2. The first-order chi connectivity index (χ1) is 16.7. The van der Waals surface area contributed by atoms with Crippen molar-refractivity contribution in [3.8, 4) is 16.8 Å². The standard InChI is InChI=1S/C32H24N2/c1-3-30-29(20-33)27-13-8-9-15-31(27)34(30)23-18-16-22(17-19-23)32-21(2)24-10-4-5-11-25(24)26-12-6-7-14-28(26)32/h3-20,33H,1H2,2H3. The number of hydrogen-bond acceptors (Lipinski definition) is 1. The number of para-hydroxylation sites is 1. The van der Waals surface area contributed by atoms with Crippen molar-refractivity contribution in [1.29, 1.82) is 5.41 Å². The zero-order valence-corrected chi connectivity index (χ0v) is 19.0. The van der Waals surface area contributed by atoms with Crippen molar-refractivity contribution < 1.29 is 0 Å². The van der Waals surface area contributed by atoms with Crippen LogP contribution in [0.5, 0.6) is 0 Å². The molecule has 0 unspecified atom stereocenters. The van der Waals surface area contributed by atoms with Crippen LogP contribution in [0.25, 0.3) is 55.3 Å². The van der Waals surface area contributed by atoms with Crippen molar-refractivity contribution in [1.82, 2.24) is 4.57 Å². The van der Waals surface area contributed by atoms with E-state index in [0.717, 1.165) is 27.8 Å². The molecule has 0 bridgehead atoms. The summed E-state index contributed by atoms with van der Waals surface area (Å²) in [6, 6.07) is 34.3. The number of rotatable bonds is 4. The van der Waals surface area contributed by atoms with Gasteiger partial charge in [-0.05, 0) is 69.4 Å². The van der Waals surface area contributed by atoms with Crippen LogP contribution in [0.4, 0.5) is 0 Å². The Kier molecular flexibility index (Phi) is 4.67. The van der Waals surface area contributed by atoms with Crippen LogP contribution in [-0.2, 0) is 0 Å². The van der Waals surface area contributed by atoms with E-state index < -0.39 is 0 Å². The molecular weight excluding hydrogens is 412 g/mol. The molecule has 0 aliphatic rings. The van der Waals surface area contributed by atoms with Gasteiger partial charge in [-0.3, -0.25) is 0 Å². The van der Waals surface area contributed by atoms with Crippen LogP contribution in [0.15, 0.2) is 104 Å². The average Bonchev–Trinajstić information content (AvgIpc) is 3.23. The molecule has 1 heterocycles. The highest BCUT2D eigenvalue weighted by Crippen LogP contribution is 2.39. The first kappa shape index (κ1) is 20.2. The number of nitrogens with zero attached hydrogens (tertiary/aromatic N) is 1. The highest BCUT2D eigenvalue weighted by molar-refractivity contribution is 6.15. The molecule has 0 aliphatic carbocycles. The fourth-order valence-electron chi connectivity index (χ4n) is 5.38. The van der Waals surface area contributed by atoms with Gasteiger partial charge in [0.15, 0.2) is 0 Å². The maximum absolute atomic E-state index is 7.97. The van der Waals surface area contributed by atoms with E-state index in [-0.39, 0.29) is 0 Å². The second-order valence-electron chi connectivity index (χ2n) is 8.64. The minimum atomic E-state index is 0.894. The molecule has 2 heteroatoms. The van der Waals surface area contributed by atoms with Gasteiger partial charge in [0.25, 0.3) is 0 Å². The summed E-state index contributed by atoms with van der Waals surface area (Å²) in [6.07, 6.45) is 3.27. The normalized spacial score (nSPS) is 11.3. The van der Waals surface area contributed by atoms with Gasteiger partial charge in [0, 0.05) is 22.9 Å². The summed E-state index contributed by atoms with van der Waals surface area (Å²) in [4.78, 5) is 0. The zero-order valence-electron chi connectivity index (χ0n) is 19.0. The van der Waals surface area contributed by atoms with Gasteiger partial charge in [-0.1, -0.05) is 85.4 Å². The second-order valence-corrected chi connectivity index (χ2v) is 8.64. The van der Waals surface area contributed by atoms with Crippen molar-refractivity contribution in [2.24, 2.45) is 0 Å². The van der Waals surface area contributed by atoms with Gasteiger partial charge >= 0.3 is 0 Å². The van der Waals surface area contributed by atoms with Crippen LogP contribution in [0.1, 0.15) is 16.8 Å². The quantitative estimate of drug-likeness (QED) is 0.212. The fourth-order valence-corrected chi connectivity index (χ4v) is 5.38. The van der Waals surface area contributed by atoms with Crippen molar-refractivity contribution in [2.45, 2.75) is 6.92 Å². The monoisotopic (exact) mass is 436 g/mol. The summed E-state index contributed by atoms with van der Waals surface area (Å²) in [6.45, 7) is 6.26. The average molecular weight is 437 g/mol. The lowest BCUT2D eigenvalue weighted by molar-refractivity contribution is 1.11. The highest BCUT2D eigenvalue weighted by atomic mass is 15.0. The van der Waals surface area contributed by atoms with Crippen molar-refractivity contribution in [2.75, 3.05) is 0 Å². The first-order valence-electron chi connectivity index (χ1n) is 11.5. The van der Waals surface area contributed by atoms with Crippen LogP contribution in [0, 0.1) is 12.3 Å². The van der Waals surface area contributed by atoms with E-state index in [1.165, 1.54) is 44.4 Å². The predicted octanol–water partition coefficient (Wildman–Crippen LogP) is 8.55. The number of nitrogens with one attached hydrogen (secondary N) is 1. The molecule has 6 aromatic rings. The van der Waals surface area contributed by atoms with Crippen LogP contribution >= 0.6 is 0 Å². The first-order valence-corrected chi connectivity index (χ1v) is 11.5. The molecule has 0 spiro atoms. The largest absolute Gasteiger partial charge is 0.309 e. The minimum absolute atomic E-state index is 0.894. The minimum Gasteiger partial charge on any atom is -0.309 e. The molecule has 0 atom stereocenters. The molecule has 1 aromatic heterocycles. The Morgan fingerprint density at radius 2 is 1.24 bits per heavy atom. The second kappa shape index (κ2) is 7.86. The zero-order chi connectivity index (χ0) is 23.2. The summed E-state index contributed by atoms with van der Waals surface area (Å²) in [5.74, 6) is 0. The van der Waals surface area contributed by atoms with E-state index in [4.69, 9.17) is 5.41 Å². The Labute approximate surface area is 198 Å². The number of aryl methyl sites for hydroxylation is 1. The smallest absolute Gasteiger partial charge is 0.0550 e. The van der Waals surface area contributed by atoms with E-state index in [1.54, 1.807) is 0 Å². The van der Waals surface area contributed by atoms with Crippen LogP contribution in [0.3, 0.4) is 0 Å². The van der Waals surface area contributed by atoms with Gasteiger partial charge in [0.05, 0.1) is 11.2 Å². The third-order valence-corrected chi connectivity index (χ3v) is 6.90. The Morgan fingerprint density at radius 1 is 0.676 bits per heavy atom. The van der Waals surface area contributed by atoms with Crippen molar-refractivity contribution in [3.05, 3.63) is 120 Å². The molecule has 5 aromatic carbocycles. The van der Waals surface area contributed by atoms with Crippen LogP contribution in [-0.4, -0.2) is 10.8 Å². The van der Waals surface area contributed by atoms with Crippen LogP contribution < -0.4 is 0 Å². The Hall–Kier alpha value is -4.43. The Balaban J connectivity index is 1.59. The van der Waals surface area contributed by atoms with Gasteiger partial charge in [-0.15, -0.1) is 0 Å². The molecule has 6 rings (SSSR count). The number of benzene rings is 5. The highest BCUT2D eigenvalue weighted by Gasteiger charge is 2.16. The summed E-state index contributed by atoms with van der Waals surface area (Å²) >= 11 is 0. The number of fused-ring (bicyclic) bond motifs is 4. The molecule has 2 nitrogen and oxygen atoms in total. The van der Waals surface area contributed by atoms with E-state index in [9.17, 15) is 0 Å². The van der Waals surface area contributed by atoms with Gasteiger partial charge in [0.2, 0.25) is 0 Å². The van der Waals surface area contributed by atoms with Gasteiger partial charge in [-0.25, -0.2) is 0 Å². The molecule has 0 aliphatic heterocycles. The van der Waals surface area contributed by atoms with Gasteiger partial charge in [0.1, 0.15) is 0 Å². The topological polar surface area (TPSA) is 28.8 Å². The molecular formula is C32H24N2. The Bertz CT molecular complexity index is 1730. The van der Waals surface area contributed by atoms with E-state index >= 15 is 0 Å². The molecule has 1 N–H and O–H groups in total. The van der Waals surface area contributed by atoms with Gasteiger partial charge in [-0.2, -0.15) is 0 Å². The van der Waals surface area contributed by atoms with E-state index in [0.29, 0.717) is 0 Å². The number of hydrogen-bond donors (Lipinski definition) is 1. The molecule has 162 valence electrons. The number of aromatic nitrogens is 1. The lowest BCUT2D eigenvalue weighted by atomic mass is 9.89. The summed E-state index contributed by atoms with van der Waals surface area (Å²) < 4.78 is 2.19. The third kappa shape index (κ3) is 2.85. The fraction of sp³-hybridized carbons (Fsp3) is 0.0312. The van der Waals surface area contributed by atoms with Crippen LogP contribution in [0.2, 0.25) is 0 Å². The summed E-state index contributed by atoms with van der Waals surface area (Å²) in [5.41, 5.74) is 7.75. The third-order valence-electron chi connectivity index (χ3n) is 6.90. The van der Waals surface area contributed by atoms with E-state index in [1.807, 2.05) is 18.2 Å². The molecule has 0 saturated heterocycles. The predicted molar refractivity (Wildman–Crippen MR) is 146 cm³/mol. The van der Waals surface area contributed by atoms with Gasteiger partial charge < -0.3 is 9.98 Å². The molecule has 0 radical (unpaired) electrons. The maximum atomic E-state index is 7.97. The van der Waals surface area contributed by atoms with Crippen molar-refractivity contribution >= 4 is 44.7 Å². The van der Waals surface area contributed by atoms with Crippen molar-refractivity contribution in [3.63, 3.8) is 0 Å². The Morgan fingerprint density at radius 3 is 1.88 bits per heavy atom. The molecule has 34 heavy (non-hydrogen) atoms. The molecule has 0 amide bonds. The molecule has 0 fully saturated rings. The molecule has 0 saturated carbocycles. The van der Waals surface area contributed by atoms with E-state index in [2.05, 4.69) is 103 Å². The lowest BCUT2D eigenvalue weighted by Gasteiger charge is -2.16. The SMILES string of the molecule is C=Cc1c(C=N)c2ccccc2n1-c1ccc(-c2c(C)c3ccccc3c3ccccc23)cc1. The lowest BCUT2D eigenvalue weighted by Crippen LogP contribution is -1.98. The summed E-state index contributed by atoms with van der Waals surface area (Å²) in [7, 11) is 0. The maximum Gasteiger partial charge on any atom is 0.0550 e.